The van der Waals surface area contributed by atoms with Crippen LogP contribution in [0.25, 0.3) is 0 Å². The van der Waals surface area contributed by atoms with E-state index in [2.05, 4.69) is 16.0 Å². The monoisotopic (exact) mass is 784 g/mol. The van der Waals surface area contributed by atoms with Crippen molar-refractivity contribution < 1.29 is 24.0 Å². The van der Waals surface area contributed by atoms with Crippen LogP contribution in [0.5, 0.6) is 0 Å². The number of hydrogen-bond donors (Lipinski definition) is 5. The molecule has 0 saturated carbocycles. The fourth-order valence-electron chi connectivity index (χ4n) is 7.27. The number of carbonyl (C=O) groups excluding carboxylic acids is 5. The van der Waals surface area contributed by atoms with Crippen molar-refractivity contribution in [1.29, 1.82) is 10.8 Å². The summed E-state index contributed by atoms with van der Waals surface area (Å²) in [6.07, 6.45) is 3.04. The molecule has 5 N–H and O–H groups in total. The van der Waals surface area contributed by atoms with Gasteiger partial charge in [0.2, 0.25) is 29.5 Å². The normalized spacial score (nSPS) is 19.5. The molecular formula is C40H45ClN8O5S. The Morgan fingerprint density at radius 1 is 1.04 bits per heavy atom. The van der Waals surface area contributed by atoms with E-state index in [1.54, 1.807) is 28.9 Å². The standard InChI is InChI=1S/C40H45ClN8O5S/c1-22-23(2)55-40-35(22)36(25-12-14-26(41)15-13-25)45-30(37(43)49(40)24(3)42)21-33(51)44-19-8-4-5-11-34(52)48-20-18-28(27-9-6-7-10-31(27)48)38(53)46-29-16-17-32(50)47-39(29)54/h6-7,9-10,12-15,28-30,42-43H,4-5,8,11,16-21H2,1-3H3,(H,44,51)(H,46,53)(H,47,50,54)/t28-,29+,30-/m0/s1. The Kier molecular flexibility index (Phi) is 12.3. The number of thiophene rings is 1. The number of aliphatic imine (C=N–C) groups is 1. The van der Waals surface area contributed by atoms with Gasteiger partial charge in [-0.15, -0.1) is 11.3 Å². The maximum atomic E-state index is 13.4. The molecule has 1 fully saturated rings. The van der Waals surface area contributed by atoms with E-state index in [1.165, 1.54) is 11.3 Å². The minimum Gasteiger partial charge on any atom is -0.356 e. The van der Waals surface area contributed by atoms with E-state index >= 15 is 0 Å². The molecule has 4 heterocycles. The lowest BCUT2D eigenvalue weighted by Gasteiger charge is -2.34. The van der Waals surface area contributed by atoms with Crippen LogP contribution in [-0.4, -0.2) is 72.1 Å². The van der Waals surface area contributed by atoms with Crippen LogP contribution in [0.1, 0.15) is 91.3 Å². The average Bonchev–Trinajstić information content (AvgIpc) is 3.37. The van der Waals surface area contributed by atoms with Crippen LogP contribution < -0.4 is 25.8 Å². The summed E-state index contributed by atoms with van der Waals surface area (Å²) in [5, 5.41) is 27.0. The fourth-order valence-corrected chi connectivity index (χ4v) is 8.62. The highest BCUT2D eigenvalue weighted by Gasteiger charge is 2.37. The lowest BCUT2D eigenvalue weighted by molar-refractivity contribution is -0.137. The summed E-state index contributed by atoms with van der Waals surface area (Å²) < 4.78 is 0. The topological polar surface area (TPSA) is 188 Å². The predicted octanol–water partition coefficient (Wildman–Crippen LogP) is 5.53. The molecule has 288 valence electrons. The van der Waals surface area contributed by atoms with Crippen molar-refractivity contribution in [3.8, 4) is 0 Å². The second kappa shape index (κ2) is 17.1. The molecule has 3 aromatic rings. The van der Waals surface area contributed by atoms with Crippen molar-refractivity contribution >= 4 is 80.5 Å². The molecule has 3 aliphatic rings. The Balaban J connectivity index is 1.02. The van der Waals surface area contributed by atoms with Crippen LogP contribution in [-0.2, 0) is 24.0 Å². The number of rotatable bonds is 11. The number of halogens is 1. The number of amides is 5. The van der Waals surface area contributed by atoms with Crippen LogP contribution in [0.15, 0.2) is 53.5 Å². The molecule has 3 aliphatic heterocycles. The number of nitrogens with one attached hydrogen (secondary N) is 5. The van der Waals surface area contributed by atoms with Gasteiger partial charge < -0.3 is 15.5 Å². The predicted molar refractivity (Wildman–Crippen MR) is 215 cm³/mol. The zero-order valence-corrected chi connectivity index (χ0v) is 32.7. The van der Waals surface area contributed by atoms with Gasteiger partial charge in [-0.05, 0) is 75.8 Å². The summed E-state index contributed by atoms with van der Waals surface area (Å²) in [5.41, 5.74) is 4.73. The van der Waals surface area contributed by atoms with Crippen molar-refractivity contribution in [1.82, 2.24) is 16.0 Å². The molecule has 13 nitrogen and oxygen atoms in total. The van der Waals surface area contributed by atoms with Crippen LogP contribution >= 0.6 is 22.9 Å². The van der Waals surface area contributed by atoms with E-state index in [4.69, 9.17) is 27.4 Å². The maximum absolute atomic E-state index is 13.4. The highest BCUT2D eigenvalue weighted by Crippen LogP contribution is 2.40. The largest absolute Gasteiger partial charge is 0.356 e. The third-order valence-electron chi connectivity index (χ3n) is 10.3. The van der Waals surface area contributed by atoms with Gasteiger partial charge in [-0.3, -0.25) is 50.0 Å². The summed E-state index contributed by atoms with van der Waals surface area (Å²) in [7, 11) is 0. The summed E-state index contributed by atoms with van der Waals surface area (Å²) in [6, 6.07) is 13.0. The molecule has 5 amide bonds. The highest BCUT2D eigenvalue weighted by molar-refractivity contribution is 7.17. The summed E-state index contributed by atoms with van der Waals surface area (Å²) in [4.78, 5) is 73.0. The lowest BCUT2D eigenvalue weighted by Crippen LogP contribution is -2.53. The SMILES string of the molecule is CC(=N)N1C(=N)[C@H](CC(=O)NCCCCCC(=O)N2CC[C@H](C(=O)N[C@@H]3CCC(=O)NC3=O)c3ccccc32)N=C(c2ccc(Cl)cc2)c2c1sc(C)c2C. The first-order chi connectivity index (χ1) is 26.3. The molecule has 0 spiro atoms. The van der Waals surface area contributed by atoms with Gasteiger partial charge in [-0.25, -0.2) is 0 Å². The molecule has 0 unspecified atom stereocenters. The molecule has 1 saturated heterocycles. The van der Waals surface area contributed by atoms with Gasteiger partial charge in [0.15, 0.2) is 0 Å². The van der Waals surface area contributed by atoms with E-state index in [0.717, 1.165) is 32.1 Å². The molecule has 1 aromatic heterocycles. The number of unbranched alkanes of at least 4 members (excludes halogenated alkanes) is 2. The first kappa shape index (κ1) is 39.5. The van der Waals surface area contributed by atoms with Crippen molar-refractivity contribution in [2.24, 2.45) is 4.99 Å². The molecule has 0 bridgehead atoms. The second-order valence-corrected chi connectivity index (χ2v) is 15.7. The van der Waals surface area contributed by atoms with Gasteiger partial charge in [0.05, 0.1) is 18.1 Å². The van der Waals surface area contributed by atoms with Gasteiger partial charge in [-0.1, -0.05) is 48.4 Å². The highest BCUT2D eigenvalue weighted by atomic mass is 35.5. The first-order valence-corrected chi connectivity index (χ1v) is 19.7. The van der Waals surface area contributed by atoms with Crippen LogP contribution in [0.2, 0.25) is 5.02 Å². The molecule has 2 aromatic carbocycles. The molecule has 55 heavy (non-hydrogen) atoms. The molecular weight excluding hydrogens is 740 g/mol. The van der Waals surface area contributed by atoms with E-state index < -0.39 is 23.9 Å². The molecule has 6 rings (SSSR count). The molecule has 15 heteroatoms. The number of imide groups is 1. The Morgan fingerprint density at radius 3 is 2.51 bits per heavy atom. The van der Waals surface area contributed by atoms with Gasteiger partial charge >= 0.3 is 0 Å². The molecule has 3 atom stereocenters. The number of amidine groups is 2. The number of hydrogen-bond acceptors (Lipinski definition) is 9. The van der Waals surface area contributed by atoms with Crippen molar-refractivity contribution in [2.75, 3.05) is 22.9 Å². The molecule has 0 aliphatic carbocycles. The van der Waals surface area contributed by atoms with Gasteiger partial charge in [0.1, 0.15) is 28.8 Å². The number of nitrogens with zero attached hydrogens (tertiary/aromatic N) is 3. The third kappa shape index (κ3) is 8.70. The Morgan fingerprint density at radius 2 is 1.78 bits per heavy atom. The number of aryl methyl sites for hydroxylation is 1. The average molecular weight is 785 g/mol. The molecule has 0 radical (unpaired) electrons. The Labute approximate surface area is 328 Å². The smallest absolute Gasteiger partial charge is 0.249 e. The minimum atomic E-state index is -0.821. The minimum absolute atomic E-state index is 0.0493. The van der Waals surface area contributed by atoms with E-state index in [9.17, 15) is 24.0 Å². The number of carbonyl (C=O) groups is 5. The second-order valence-electron chi connectivity index (χ2n) is 14.1. The van der Waals surface area contributed by atoms with Crippen LogP contribution in [0, 0.1) is 24.7 Å². The van der Waals surface area contributed by atoms with E-state index in [0.29, 0.717) is 61.6 Å². The van der Waals surface area contributed by atoms with Crippen molar-refractivity contribution in [2.45, 2.75) is 90.1 Å². The number of fused-ring (bicyclic) bond motifs is 2. The van der Waals surface area contributed by atoms with Crippen LogP contribution in [0.4, 0.5) is 10.7 Å². The van der Waals surface area contributed by atoms with E-state index in [-0.39, 0.29) is 54.6 Å². The fraction of sp³-hybridized carbons (Fsp3) is 0.400. The number of benzene rings is 2. The van der Waals surface area contributed by atoms with Gasteiger partial charge in [-0.2, -0.15) is 0 Å². The summed E-state index contributed by atoms with van der Waals surface area (Å²) in [6.45, 7) is 6.40. The van der Waals surface area contributed by atoms with Crippen LogP contribution in [0.3, 0.4) is 0 Å². The Hall–Kier alpha value is -5.21. The van der Waals surface area contributed by atoms with Crippen molar-refractivity contribution in [3.63, 3.8) is 0 Å². The van der Waals surface area contributed by atoms with Gasteiger partial charge in [0, 0.05) is 52.6 Å². The summed E-state index contributed by atoms with van der Waals surface area (Å²) >= 11 is 7.69. The first-order valence-electron chi connectivity index (χ1n) is 18.5. The number of para-hydroxylation sites is 1. The van der Waals surface area contributed by atoms with Crippen molar-refractivity contribution in [3.05, 3.63) is 80.7 Å². The third-order valence-corrected chi connectivity index (χ3v) is 11.7. The zero-order chi connectivity index (χ0) is 39.4. The maximum Gasteiger partial charge on any atom is 0.249 e. The number of piperidine rings is 1. The van der Waals surface area contributed by atoms with E-state index in [1.807, 2.05) is 50.2 Å². The Bertz CT molecular complexity index is 2080. The summed E-state index contributed by atoms with van der Waals surface area (Å²) in [5.74, 6) is -1.75. The zero-order valence-electron chi connectivity index (χ0n) is 31.1. The quantitative estimate of drug-likeness (QED) is 0.0736. The lowest BCUT2D eigenvalue weighted by atomic mass is 9.88. The van der Waals surface area contributed by atoms with Gasteiger partial charge in [0.25, 0.3) is 0 Å². The number of anilines is 2.